The molecule has 1 aromatic heterocycles. The number of aromatic nitrogens is 1. The van der Waals surface area contributed by atoms with E-state index in [2.05, 4.69) is 4.98 Å². The van der Waals surface area contributed by atoms with Gasteiger partial charge in [-0.25, -0.2) is 4.79 Å². The van der Waals surface area contributed by atoms with Crippen LogP contribution in [-0.2, 0) is 0 Å². The van der Waals surface area contributed by atoms with Gasteiger partial charge in [-0.3, -0.25) is 9.78 Å². The van der Waals surface area contributed by atoms with Crippen LogP contribution >= 0.6 is 0 Å². The maximum atomic E-state index is 13.0. The van der Waals surface area contributed by atoms with E-state index in [1.165, 1.54) is 0 Å². The third kappa shape index (κ3) is 2.81. The van der Waals surface area contributed by atoms with E-state index in [0.29, 0.717) is 29.7 Å². The quantitative estimate of drug-likeness (QED) is 0.787. The first-order chi connectivity index (χ1) is 12.6. The Morgan fingerprint density at radius 1 is 1.00 bits per heavy atom. The van der Waals surface area contributed by atoms with Crippen molar-refractivity contribution < 1.29 is 14.7 Å². The summed E-state index contributed by atoms with van der Waals surface area (Å²) in [5, 5.41) is 10.3. The van der Waals surface area contributed by atoms with Gasteiger partial charge in [-0.15, -0.1) is 0 Å². The van der Waals surface area contributed by atoms with Crippen LogP contribution in [0.5, 0.6) is 0 Å². The van der Waals surface area contributed by atoms with Crippen LogP contribution in [-0.4, -0.2) is 40.0 Å². The number of hydrogen-bond donors (Lipinski definition) is 1. The van der Waals surface area contributed by atoms with Crippen molar-refractivity contribution in [2.24, 2.45) is 0 Å². The number of likely N-dealkylation sites (tertiary alicyclic amines) is 1. The zero-order valence-corrected chi connectivity index (χ0v) is 14.1. The van der Waals surface area contributed by atoms with E-state index < -0.39 is 5.97 Å². The highest BCUT2D eigenvalue weighted by Gasteiger charge is 2.30. The van der Waals surface area contributed by atoms with Gasteiger partial charge in [0.2, 0.25) is 0 Å². The van der Waals surface area contributed by atoms with Crippen LogP contribution in [0.2, 0.25) is 0 Å². The number of carboxylic acids is 1. The number of pyridine rings is 1. The highest BCUT2D eigenvalue weighted by molar-refractivity contribution is 6.05. The normalized spacial score (nSPS) is 16.8. The Kier molecular flexibility index (Phi) is 4.13. The molecule has 0 unspecified atom stereocenters. The maximum absolute atomic E-state index is 13.0. The number of carbonyl (C=O) groups is 2. The number of para-hydroxylation sites is 1. The van der Waals surface area contributed by atoms with Crippen LogP contribution in [0.25, 0.3) is 10.9 Å². The molecule has 4 rings (SSSR count). The molecule has 1 aliphatic heterocycles. The van der Waals surface area contributed by atoms with Crippen LogP contribution in [0.1, 0.15) is 38.6 Å². The second-order valence-electron chi connectivity index (χ2n) is 6.51. The fourth-order valence-electron chi connectivity index (χ4n) is 3.69. The fraction of sp³-hybridized carbons (Fsp3) is 0.190. The van der Waals surface area contributed by atoms with E-state index in [1.54, 1.807) is 29.3 Å². The molecule has 0 aliphatic carbocycles. The molecule has 5 heteroatoms. The molecule has 0 saturated carbocycles. The third-order valence-electron chi connectivity index (χ3n) is 4.97. The molecule has 0 radical (unpaired) electrons. The molecule has 26 heavy (non-hydrogen) atoms. The molecule has 1 N–H and O–H groups in total. The highest BCUT2D eigenvalue weighted by Crippen LogP contribution is 2.31. The van der Waals surface area contributed by atoms with Crippen molar-refractivity contribution in [3.05, 3.63) is 77.5 Å². The van der Waals surface area contributed by atoms with Crippen molar-refractivity contribution in [2.75, 3.05) is 13.1 Å². The summed E-state index contributed by atoms with van der Waals surface area (Å²) < 4.78 is 0. The van der Waals surface area contributed by atoms with Gasteiger partial charge in [0.05, 0.1) is 16.6 Å². The van der Waals surface area contributed by atoms with Crippen molar-refractivity contribution in [3.8, 4) is 0 Å². The van der Waals surface area contributed by atoms with Gasteiger partial charge in [0, 0.05) is 30.6 Å². The van der Waals surface area contributed by atoms with Gasteiger partial charge >= 0.3 is 5.97 Å². The fourth-order valence-corrected chi connectivity index (χ4v) is 3.69. The summed E-state index contributed by atoms with van der Waals surface area (Å²) in [7, 11) is 0. The summed E-state index contributed by atoms with van der Waals surface area (Å²) in [6, 6.07) is 16.4. The Morgan fingerprint density at radius 2 is 1.77 bits per heavy atom. The second kappa shape index (κ2) is 6.59. The molecule has 0 bridgehead atoms. The Bertz CT molecular complexity index is 994. The summed E-state index contributed by atoms with van der Waals surface area (Å²) in [6.07, 6.45) is 2.45. The predicted molar refractivity (Wildman–Crippen MR) is 98.4 cm³/mol. The lowest BCUT2D eigenvalue weighted by molar-refractivity contribution is 0.0695. The number of rotatable bonds is 3. The largest absolute Gasteiger partial charge is 0.478 e. The number of aromatic carboxylic acids is 1. The van der Waals surface area contributed by atoms with E-state index in [9.17, 15) is 14.7 Å². The Hall–Kier alpha value is -3.21. The zero-order chi connectivity index (χ0) is 18.1. The minimum Gasteiger partial charge on any atom is -0.478 e. The average molecular weight is 346 g/mol. The maximum Gasteiger partial charge on any atom is 0.335 e. The van der Waals surface area contributed by atoms with E-state index in [-0.39, 0.29) is 11.8 Å². The molecule has 1 saturated heterocycles. The van der Waals surface area contributed by atoms with Gasteiger partial charge in [-0.2, -0.15) is 0 Å². The number of hydrogen-bond acceptors (Lipinski definition) is 3. The van der Waals surface area contributed by atoms with Gasteiger partial charge in [0.1, 0.15) is 0 Å². The Morgan fingerprint density at radius 3 is 2.62 bits per heavy atom. The molecule has 0 spiro atoms. The van der Waals surface area contributed by atoms with Crippen molar-refractivity contribution in [2.45, 2.75) is 12.3 Å². The number of carboxylic acid groups (broad SMARTS) is 1. The first kappa shape index (κ1) is 16.3. The average Bonchev–Trinajstić information content (AvgIpc) is 3.17. The first-order valence-electron chi connectivity index (χ1n) is 8.60. The van der Waals surface area contributed by atoms with Gasteiger partial charge < -0.3 is 10.0 Å². The number of fused-ring (bicyclic) bond motifs is 1. The Labute approximate surface area is 150 Å². The van der Waals surface area contributed by atoms with Crippen molar-refractivity contribution in [3.63, 3.8) is 0 Å². The number of nitrogens with zero attached hydrogens (tertiary/aromatic N) is 2. The Balaban J connectivity index is 1.61. The van der Waals surface area contributed by atoms with Crippen molar-refractivity contribution >= 4 is 22.8 Å². The molecule has 130 valence electrons. The summed E-state index contributed by atoms with van der Waals surface area (Å²) in [5.74, 6) is -0.942. The van der Waals surface area contributed by atoms with Crippen molar-refractivity contribution in [1.82, 2.24) is 9.88 Å². The van der Waals surface area contributed by atoms with Crippen LogP contribution in [0.15, 0.2) is 60.8 Å². The number of benzene rings is 2. The van der Waals surface area contributed by atoms with E-state index >= 15 is 0 Å². The minimum atomic E-state index is -0.927. The topological polar surface area (TPSA) is 70.5 Å². The van der Waals surface area contributed by atoms with Crippen molar-refractivity contribution in [1.29, 1.82) is 0 Å². The molecule has 5 nitrogen and oxygen atoms in total. The molecule has 1 aliphatic rings. The highest BCUT2D eigenvalue weighted by atomic mass is 16.4. The monoisotopic (exact) mass is 346 g/mol. The van der Waals surface area contributed by atoms with Crippen LogP contribution in [0.3, 0.4) is 0 Å². The number of amides is 1. The molecule has 3 aromatic rings. The lowest BCUT2D eigenvalue weighted by Gasteiger charge is -2.18. The summed E-state index contributed by atoms with van der Waals surface area (Å²) in [5.41, 5.74) is 2.41. The van der Waals surface area contributed by atoms with E-state index in [1.807, 2.05) is 36.4 Å². The molecule has 1 atom stereocenters. The van der Waals surface area contributed by atoms with Gasteiger partial charge in [0.25, 0.3) is 5.91 Å². The summed E-state index contributed by atoms with van der Waals surface area (Å²) >= 11 is 0. The molecular formula is C21H18N2O3. The molecule has 1 amide bonds. The summed E-state index contributed by atoms with van der Waals surface area (Å²) in [6.45, 7) is 1.13. The minimum absolute atomic E-state index is 0.0363. The lowest BCUT2D eigenvalue weighted by atomic mass is 9.93. The van der Waals surface area contributed by atoms with Crippen LogP contribution < -0.4 is 0 Å². The van der Waals surface area contributed by atoms with E-state index in [4.69, 9.17) is 0 Å². The predicted octanol–water partition coefficient (Wildman–Crippen LogP) is 3.56. The number of carbonyl (C=O) groups excluding carboxylic acids is 1. The van der Waals surface area contributed by atoms with E-state index in [0.717, 1.165) is 17.4 Å². The lowest BCUT2D eigenvalue weighted by Crippen LogP contribution is -2.28. The van der Waals surface area contributed by atoms with Crippen LogP contribution in [0.4, 0.5) is 0 Å². The third-order valence-corrected chi connectivity index (χ3v) is 4.97. The summed E-state index contributed by atoms with van der Waals surface area (Å²) in [4.78, 5) is 30.7. The first-order valence-corrected chi connectivity index (χ1v) is 8.60. The SMILES string of the molecule is O=C(O)c1ccccc1[C@H]1CCN(C(=O)c2cccc3cccnc23)C1. The molecule has 2 heterocycles. The van der Waals surface area contributed by atoms with Gasteiger partial charge in [-0.05, 0) is 30.2 Å². The molecular weight excluding hydrogens is 328 g/mol. The van der Waals surface area contributed by atoms with Gasteiger partial charge in [0.15, 0.2) is 0 Å². The van der Waals surface area contributed by atoms with Crippen LogP contribution in [0, 0.1) is 0 Å². The zero-order valence-electron chi connectivity index (χ0n) is 14.1. The standard InChI is InChI=1S/C21H18N2O3/c24-20(18-9-3-5-14-6-4-11-22-19(14)18)23-12-10-15(13-23)16-7-1-2-8-17(16)21(25)26/h1-9,11,15H,10,12-13H2,(H,25,26)/t15-/m0/s1. The second-order valence-corrected chi connectivity index (χ2v) is 6.51. The molecule has 1 fully saturated rings. The van der Waals surface area contributed by atoms with Gasteiger partial charge in [-0.1, -0.05) is 36.4 Å². The smallest absolute Gasteiger partial charge is 0.335 e. The molecule has 2 aromatic carbocycles.